The van der Waals surface area contributed by atoms with Crippen molar-refractivity contribution < 1.29 is 19.1 Å². The number of rotatable bonds is 8. The highest BCUT2D eigenvalue weighted by Crippen LogP contribution is 2.12. The maximum atomic E-state index is 11.9. The summed E-state index contributed by atoms with van der Waals surface area (Å²) >= 11 is 0. The van der Waals surface area contributed by atoms with Crippen LogP contribution in [0.2, 0.25) is 0 Å². The summed E-state index contributed by atoms with van der Waals surface area (Å²) in [7, 11) is 6.55. The lowest BCUT2D eigenvalue weighted by Crippen LogP contribution is -2.27. The zero-order valence-electron chi connectivity index (χ0n) is 12.9. The lowest BCUT2D eigenvalue weighted by molar-refractivity contribution is -0.130. The Labute approximate surface area is 124 Å². The minimum atomic E-state index is -0.282. The summed E-state index contributed by atoms with van der Waals surface area (Å²) < 4.78 is 11.7. The van der Waals surface area contributed by atoms with Crippen LogP contribution >= 0.6 is 0 Å². The molecule has 1 heterocycles. The molecule has 1 aromatic heterocycles. The first-order valence-corrected chi connectivity index (χ1v) is 6.59. The predicted octanol–water partition coefficient (Wildman–Crippen LogP) is -0.347. The minimum Gasteiger partial charge on any atom is -0.468 e. The SMILES string of the molecule is COCCCNC(=O)c1cc(OCC(=O)N(C)C)n(C)n1. The van der Waals surface area contributed by atoms with Crippen molar-refractivity contribution in [2.24, 2.45) is 7.05 Å². The monoisotopic (exact) mass is 298 g/mol. The molecule has 0 aliphatic rings. The molecule has 0 aromatic carbocycles. The van der Waals surface area contributed by atoms with Crippen molar-refractivity contribution in [3.63, 3.8) is 0 Å². The molecule has 21 heavy (non-hydrogen) atoms. The van der Waals surface area contributed by atoms with E-state index in [4.69, 9.17) is 9.47 Å². The van der Waals surface area contributed by atoms with E-state index in [1.54, 1.807) is 28.3 Å². The van der Waals surface area contributed by atoms with Crippen LogP contribution in [0.5, 0.6) is 5.88 Å². The lowest BCUT2D eigenvalue weighted by Gasteiger charge is -2.10. The molecule has 0 radical (unpaired) electrons. The Kier molecular flexibility index (Phi) is 6.67. The molecule has 0 aliphatic carbocycles. The second-order valence-electron chi connectivity index (χ2n) is 4.67. The summed E-state index contributed by atoms with van der Waals surface area (Å²) in [5.41, 5.74) is 0.252. The Morgan fingerprint density at radius 1 is 1.43 bits per heavy atom. The number of likely N-dealkylation sites (N-methyl/N-ethyl adjacent to an activating group) is 1. The average Bonchev–Trinajstić information content (AvgIpc) is 2.82. The summed E-state index contributed by atoms with van der Waals surface area (Å²) in [6, 6.07) is 1.51. The number of aryl methyl sites for hydroxylation is 1. The number of hydrogen-bond donors (Lipinski definition) is 1. The largest absolute Gasteiger partial charge is 0.468 e. The first kappa shape index (κ1) is 17.0. The third kappa shape index (κ3) is 5.42. The molecule has 0 saturated heterocycles. The molecule has 1 aromatic rings. The molecule has 0 fully saturated rings. The molecule has 0 saturated carbocycles. The fourth-order valence-corrected chi connectivity index (χ4v) is 1.47. The van der Waals surface area contributed by atoms with Crippen LogP contribution in [0.15, 0.2) is 6.07 Å². The highest BCUT2D eigenvalue weighted by molar-refractivity contribution is 5.92. The summed E-state index contributed by atoms with van der Waals surface area (Å²) in [5.74, 6) is -0.0792. The molecule has 0 aliphatic heterocycles. The fraction of sp³-hybridized carbons (Fsp3) is 0.615. The first-order valence-electron chi connectivity index (χ1n) is 6.59. The zero-order chi connectivity index (χ0) is 15.8. The second-order valence-corrected chi connectivity index (χ2v) is 4.67. The second kappa shape index (κ2) is 8.25. The number of ether oxygens (including phenoxy) is 2. The van der Waals surface area contributed by atoms with Gasteiger partial charge in [0, 0.05) is 47.5 Å². The normalized spacial score (nSPS) is 10.3. The van der Waals surface area contributed by atoms with Crippen molar-refractivity contribution in [2.75, 3.05) is 41.0 Å². The summed E-state index contributed by atoms with van der Waals surface area (Å²) in [5, 5.41) is 6.79. The molecule has 2 amide bonds. The number of amides is 2. The zero-order valence-corrected chi connectivity index (χ0v) is 12.9. The molecular weight excluding hydrogens is 276 g/mol. The summed E-state index contributed by atoms with van der Waals surface area (Å²) in [4.78, 5) is 24.7. The number of nitrogens with one attached hydrogen (secondary N) is 1. The van der Waals surface area contributed by atoms with Crippen molar-refractivity contribution in [3.8, 4) is 5.88 Å². The van der Waals surface area contributed by atoms with Gasteiger partial charge < -0.3 is 19.7 Å². The molecule has 0 spiro atoms. The number of carbonyl (C=O) groups is 2. The third-order valence-electron chi connectivity index (χ3n) is 2.72. The van der Waals surface area contributed by atoms with Gasteiger partial charge in [-0.05, 0) is 6.42 Å². The van der Waals surface area contributed by atoms with Crippen molar-refractivity contribution in [1.29, 1.82) is 0 Å². The van der Waals surface area contributed by atoms with Gasteiger partial charge in [0.15, 0.2) is 12.3 Å². The molecule has 8 nitrogen and oxygen atoms in total. The van der Waals surface area contributed by atoms with Crippen molar-refractivity contribution in [2.45, 2.75) is 6.42 Å². The van der Waals surface area contributed by atoms with Gasteiger partial charge in [0.25, 0.3) is 11.8 Å². The van der Waals surface area contributed by atoms with E-state index >= 15 is 0 Å². The molecule has 0 unspecified atom stereocenters. The molecule has 118 valence electrons. The number of methoxy groups -OCH3 is 1. The molecule has 0 bridgehead atoms. The number of nitrogens with zero attached hydrogens (tertiary/aromatic N) is 3. The van der Waals surface area contributed by atoms with Crippen LogP contribution in [-0.2, 0) is 16.6 Å². The van der Waals surface area contributed by atoms with Gasteiger partial charge in [-0.2, -0.15) is 5.10 Å². The highest BCUT2D eigenvalue weighted by atomic mass is 16.5. The Balaban J connectivity index is 2.52. The van der Waals surface area contributed by atoms with Crippen molar-refractivity contribution in [3.05, 3.63) is 11.8 Å². The van der Waals surface area contributed by atoms with E-state index in [2.05, 4.69) is 10.4 Å². The Morgan fingerprint density at radius 3 is 2.76 bits per heavy atom. The van der Waals surface area contributed by atoms with E-state index in [-0.39, 0.29) is 24.1 Å². The van der Waals surface area contributed by atoms with Crippen LogP contribution in [0, 0.1) is 0 Å². The number of carbonyl (C=O) groups excluding carboxylic acids is 2. The fourth-order valence-electron chi connectivity index (χ4n) is 1.47. The smallest absolute Gasteiger partial charge is 0.271 e. The molecule has 1 rings (SSSR count). The Bertz CT molecular complexity index is 485. The standard InChI is InChI=1S/C13H22N4O4/c1-16(2)11(18)9-21-12-8-10(15-17(12)3)13(19)14-6-5-7-20-4/h8H,5-7,9H2,1-4H3,(H,14,19). The Morgan fingerprint density at radius 2 is 2.14 bits per heavy atom. The molecule has 0 atom stereocenters. The average molecular weight is 298 g/mol. The van der Waals surface area contributed by atoms with Crippen LogP contribution < -0.4 is 10.1 Å². The van der Waals surface area contributed by atoms with Gasteiger partial charge in [-0.15, -0.1) is 0 Å². The lowest BCUT2D eigenvalue weighted by atomic mass is 10.4. The number of hydrogen-bond acceptors (Lipinski definition) is 5. The van der Waals surface area contributed by atoms with E-state index in [0.29, 0.717) is 19.0 Å². The van der Waals surface area contributed by atoms with Crippen LogP contribution in [0.4, 0.5) is 0 Å². The first-order chi connectivity index (χ1) is 9.95. The van der Waals surface area contributed by atoms with Crippen molar-refractivity contribution in [1.82, 2.24) is 20.0 Å². The van der Waals surface area contributed by atoms with Gasteiger partial charge in [0.1, 0.15) is 0 Å². The van der Waals surface area contributed by atoms with Gasteiger partial charge in [-0.1, -0.05) is 0 Å². The van der Waals surface area contributed by atoms with E-state index in [9.17, 15) is 9.59 Å². The van der Waals surface area contributed by atoms with Crippen LogP contribution in [0.1, 0.15) is 16.9 Å². The highest BCUT2D eigenvalue weighted by Gasteiger charge is 2.14. The Hall–Kier alpha value is -2.09. The van der Waals surface area contributed by atoms with E-state index in [1.165, 1.54) is 15.6 Å². The topological polar surface area (TPSA) is 85.7 Å². The van der Waals surface area contributed by atoms with Crippen molar-refractivity contribution >= 4 is 11.8 Å². The molecule has 1 N–H and O–H groups in total. The minimum absolute atomic E-state index is 0.0958. The molecular formula is C13H22N4O4. The summed E-state index contributed by atoms with van der Waals surface area (Å²) in [6.45, 7) is 1.00. The van der Waals surface area contributed by atoms with Gasteiger partial charge in [0.05, 0.1) is 0 Å². The van der Waals surface area contributed by atoms with Gasteiger partial charge in [0.2, 0.25) is 5.88 Å². The van der Waals surface area contributed by atoms with Gasteiger partial charge in [-0.3, -0.25) is 9.59 Å². The maximum absolute atomic E-state index is 11.9. The van der Waals surface area contributed by atoms with E-state index in [0.717, 1.165) is 6.42 Å². The van der Waals surface area contributed by atoms with Gasteiger partial charge >= 0.3 is 0 Å². The summed E-state index contributed by atoms with van der Waals surface area (Å²) in [6.07, 6.45) is 0.732. The quantitative estimate of drug-likeness (QED) is 0.663. The van der Waals surface area contributed by atoms with Gasteiger partial charge in [-0.25, -0.2) is 4.68 Å². The van der Waals surface area contributed by atoms with Crippen LogP contribution in [0.25, 0.3) is 0 Å². The maximum Gasteiger partial charge on any atom is 0.271 e. The third-order valence-corrected chi connectivity index (χ3v) is 2.72. The van der Waals surface area contributed by atoms with E-state index in [1.807, 2.05) is 0 Å². The van der Waals surface area contributed by atoms with Crippen LogP contribution in [-0.4, -0.2) is 67.5 Å². The van der Waals surface area contributed by atoms with Crippen LogP contribution in [0.3, 0.4) is 0 Å². The van der Waals surface area contributed by atoms with E-state index < -0.39 is 0 Å². The molecule has 8 heteroatoms. The predicted molar refractivity (Wildman–Crippen MR) is 76.2 cm³/mol. The number of aromatic nitrogens is 2.